The van der Waals surface area contributed by atoms with Gasteiger partial charge in [-0.05, 0) is 37.5 Å². The number of carboxylic acids is 2. The van der Waals surface area contributed by atoms with Crippen molar-refractivity contribution in [2.45, 2.75) is 98.3 Å². The van der Waals surface area contributed by atoms with Gasteiger partial charge in [-0.3, -0.25) is 9.59 Å². The largest absolute Gasteiger partial charge is 0.481 e. The molecule has 146 valence electrons. The fourth-order valence-corrected chi connectivity index (χ4v) is 4.69. The molecule has 2 N–H and O–H groups in total. The molecule has 1 fully saturated rings. The summed E-state index contributed by atoms with van der Waals surface area (Å²) in [4.78, 5) is 24.7. The molecule has 0 aromatic carbocycles. The first-order valence-electron chi connectivity index (χ1n) is 10.1. The summed E-state index contributed by atoms with van der Waals surface area (Å²) in [6.07, 6.45) is 8.30. The van der Waals surface area contributed by atoms with Crippen molar-refractivity contribution in [2.24, 2.45) is 22.7 Å². The van der Waals surface area contributed by atoms with E-state index in [1.807, 2.05) is 0 Å². The molecule has 4 nitrogen and oxygen atoms in total. The Hall–Kier alpha value is -1.06. The zero-order valence-corrected chi connectivity index (χ0v) is 16.6. The van der Waals surface area contributed by atoms with Crippen LogP contribution in [0.3, 0.4) is 0 Å². The van der Waals surface area contributed by atoms with Gasteiger partial charge in [-0.25, -0.2) is 0 Å². The smallest absolute Gasteiger partial charge is 0.310 e. The van der Waals surface area contributed by atoms with Crippen LogP contribution >= 0.6 is 0 Å². The number of hydrogen-bond donors (Lipinski definition) is 2. The Kier molecular flexibility index (Phi) is 8.43. The van der Waals surface area contributed by atoms with E-state index in [-0.39, 0.29) is 0 Å². The van der Waals surface area contributed by atoms with E-state index in [4.69, 9.17) is 0 Å². The number of hydrogen-bond acceptors (Lipinski definition) is 2. The highest BCUT2D eigenvalue weighted by Gasteiger charge is 2.61. The predicted molar refractivity (Wildman–Crippen MR) is 101 cm³/mol. The average molecular weight is 355 g/mol. The van der Waals surface area contributed by atoms with Gasteiger partial charge in [0.15, 0.2) is 0 Å². The fourth-order valence-electron chi connectivity index (χ4n) is 4.69. The minimum atomic E-state index is -1.09. The van der Waals surface area contributed by atoms with Gasteiger partial charge in [-0.2, -0.15) is 0 Å². The molecule has 0 aromatic heterocycles. The number of carbonyl (C=O) groups is 2. The molecular formula is C21H38O4. The second kappa shape index (κ2) is 9.59. The molecule has 2 atom stereocenters. The van der Waals surface area contributed by atoms with Crippen molar-refractivity contribution < 1.29 is 19.8 Å². The van der Waals surface area contributed by atoms with Gasteiger partial charge in [-0.15, -0.1) is 0 Å². The summed E-state index contributed by atoms with van der Waals surface area (Å²) in [6, 6.07) is 0. The van der Waals surface area contributed by atoms with Crippen molar-refractivity contribution in [3.63, 3.8) is 0 Å². The minimum absolute atomic E-state index is 0.497. The van der Waals surface area contributed by atoms with Crippen LogP contribution in [-0.2, 0) is 9.59 Å². The molecule has 4 heteroatoms. The third kappa shape index (κ3) is 5.21. The molecule has 0 aliphatic heterocycles. The van der Waals surface area contributed by atoms with E-state index in [1.165, 1.54) is 0 Å². The summed E-state index contributed by atoms with van der Waals surface area (Å²) in [5.41, 5.74) is -2.19. The molecule has 0 amide bonds. The summed E-state index contributed by atoms with van der Waals surface area (Å²) in [7, 11) is 0. The SMILES string of the molecule is CC(C)CCCCC1(C(=O)O)CCCCC1(CCCC(C)C)C(=O)O. The van der Waals surface area contributed by atoms with E-state index in [9.17, 15) is 19.8 Å². The topological polar surface area (TPSA) is 74.6 Å². The zero-order valence-electron chi connectivity index (χ0n) is 16.6. The lowest BCUT2D eigenvalue weighted by atomic mass is 9.52. The Morgan fingerprint density at radius 3 is 1.56 bits per heavy atom. The number of aliphatic carboxylic acids is 2. The molecule has 1 rings (SSSR count). The Balaban J connectivity index is 3.04. The first-order chi connectivity index (χ1) is 11.7. The van der Waals surface area contributed by atoms with Crippen LogP contribution in [0.5, 0.6) is 0 Å². The van der Waals surface area contributed by atoms with Gasteiger partial charge in [0.2, 0.25) is 0 Å². The van der Waals surface area contributed by atoms with Crippen LogP contribution in [0.2, 0.25) is 0 Å². The summed E-state index contributed by atoms with van der Waals surface area (Å²) < 4.78 is 0. The summed E-state index contributed by atoms with van der Waals surface area (Å²) >= 11 is 0. The van der Waals surface area contributed by atoms with E-state index >= 15 is 0 Å². The maximum atomic E-state index is 12.4. The Labute approximate surface area is 153 Å². The van der Waals surface area contributed by atoms with Crippen molar-refractivity contribution in [3.8, 4) is 0 Å². The minimum Gasteiger partial charge on any atom is -0.481 e. The molecule has 0 saturated heterocycles. The van der Waals surface area contributed by atoms with Crippen LogP contribution in [0.1, 0.15) is 98.3 Å². The second-order valence-electron chi connectivity index (χ2n) is 8.91. The lowest BCUT2D eigenvalue weighted by Crippen LogP contribution is -2.54. The van der Waals surface area contributed by atoms with Gasteiger partial charge in [0.1, 0.15) is 0 Å². The maximum absolute atomic E-state index is 12.4. The number of unbranched alkanes of at least 4 members (excludes halogenated alkanes) is 1. The molecule has 1 saturated carbocycles. The third-order valence-corrected chi connectivity index (χ3v) is 6.21. The van der Waals surface area contributed by atoms with E-state index in [0.29, 0.717) is 37.5 Å². The number of rotatable bonds is 11. The lowest BCUT2D eigenvalue weighted by Gasteiger charge is -2.49. The average Bonchev–Trinajstić information content (AvgIpc) is 2.51. The Bertz CT molecular complexity index is 443. The van der Waals surface area contributed by atoms with Crippen LogP contribution in [0.4, 0.5) is 0 Å². The van der Waals surface area contributed by atoms with Gasteiger partial charge in [-0.1, -0.05) is 72.6 Å². The van der Waals surface area contributed by atoms with Gasteiger partial charge in [0.05, 0.1) is 10.8 Å². The highest BCUT2D eigenvalue weighted by atomic mass is 16.4. The lowest BCUT2D eigenvalue weighted by molar-refractivity contribution is -0.182. The van der Waals surface area contributed by atoms with Gasteiger partial charge < -0.3 is 10.2 Å². The quantitative estimate of drug-likeness (QED) is 0.464. The molecule has 0 heterocycles. The van der Waals surface area contributed by atoms with Crippen LogP contribution in [0.25, 0.3) is 0 Å². The van der Waals surface area contributed by atoms with Gasteiger partial charge in [0, 0.05) is 0 Å². The molecule has 0 aromatic rings. The van der Waals surface area contributed by atoms with E-state index < -0.39 is 22.8 Å². The molecule has 0 spiro atoms. The first kappa shape index (κ1) is 22.0. The van der Waals surface area contributed by atoms with E-state index in [2.05, 4.69) is 27.7 Å². The predicted octanol–water partition coefficient (Wildman–Crippen LogP) is 5.75. The fraction of sp³-hybridized carbons (Fsp3) is 0.905. The highest BCUT2D eigenvalue weighted by Crippen LogP contribution is 2.57. The van der Waals surface area contributed by atoms with Crippen LogP contribution < -0.4 is 0 Å². The maximum Gasteiger partial charge on any atom is 0.310 e. The highest BCUT2D eigenvalue weighted by molar-refractivity contribution is 5.87. The Morgan fingerprint density at radius 2 is 1.16 bits per heavy atom. The van der Waals surface area contributed by atoms with Crippen LogP contribution in [-0.4, -0.2) is 22.2 Å². The molecule has 2 unspecified atom stereocenters. The van der Waals surface area contributed by atoms with E-state index in [0.717, 1.165) is 44.9 Å². The summed E-state index contributed by atoms with van der Waals surface area (Å²) in [6.45, 7) is 8.59. The van der Waals surface area contributed by atoms with Crippen LogP contribution in [0.15, 0.2) is 0 Å². The standard InChI is InChI=1S/C21H38O4/c1-16(2)10-5-6-12-20(18(22)23)13-7-8-14-21(20,19(24)25)15-9-11-17(3)4/h16-17H,5-15H2,1-4H3,(H,22,23)(H,24,25). The van der Waals surface area contributed by atoms with Crippen molar-refractivity contribution >= 4 is 11.9 Å². The Morgan fingerprint density at radius 1 is 0.760 bits per heavy atom. The third-order valence-electron chi connectivity index (χ3n) is 6.21. The summed E-state index contributed by atoms with van der Waals surface area (Å²) in [5, 5.41) is 20.2. The van der Waals surface area contributed by atoms with E-state index in [1.54, 1.807) is 0 Å². The molecule has 0 bridgehead atoms. The van der Waals surface area contributed by atoms with Gasteiger partial charge in [0.25, 0.3) is 0 Å². The van der Waals surface area contributed by atoms with Crippen molar-refractivity contribution in [1.82, 2.24) is 0 Å². The van der Waals surface area contributed by atoms with Crippen molar-refractivity contribution in [2.75, 3.05) is 0 Å². The zero-order chi connectivity index (χ0) is 19.1. The van der Waals surface area contributed by atoms with Crippen LogP contribution in [0, 0.1) is 22.7 Å². The normalized spacial score (nSPS) is 27.0. The number of carboxylic acid groups (broad SMARTS) is 2. The monoisotopic (exact) mass is 354 g/mol. The van der Waals surface area contributed by atoms with Crippen molar-refractivity contribution in [1.29, 1.82) is 0 Å². The second-order valence-corrected chi connectivity index (χ2v) is 8.91. The summed E-state index contributed by atoms with van der Waals surface area (Å²) in [5.74, 6) is -0.659. The molecule has 1 aliphatic rings. The molecule has 25 heavy (non-hydrogen) atoms. The molecule has 0 radical (unpaired) electrons. The first-order valence-corrected chi connectivity index (χ1v) is 10.1. The van der Waals surface area contributed by atoms with Crippen molar-refractivity contribution in [3.05, 3.63) is 0 Å². The molecule has 1 aliphatic carbocycles. The van der Waals surface area contributed by atoms with Gasteiger partial charge >= 0.3 is 11.9 Å². The molecular weight excluding hydrogens is 316 g/mol.